The average molecular weight is 336 g/mol. The first-order valence-electron chi connectivity index (χ1n) is 7.57. The molecule has 3 N–H and O–H groups in total. The van der Waals surface area contributed by atoms with Gasteiger partial charge < -0.3 is 15.7 Å². The molecular weight excluding hydrogens is 318 g/mol. The van der Waals surface area contributed by atoms with E-state index in [1.165, 1.54) is 0 Å². The van der Waals surface area contributed by atoms with Crippen molar-refractivity contribution in [2.24, 2.45) is 0 Å². The molecule has 0 aliphatic heterocycles. The minimum atomic E-state index is -0.957. The molecule has 8 heteroatoms. The van der Waals surface area contributed by atoms with E-state index >= 15 is 0 Å². The lowest BCUT2D eigenvalue weighted by atomic mass is 9.91. The summed E-state index contributed by atoms with van der Waals surface area (Å²) in [6.07, 6.45) is 4.10. The molecule has 2 aromatic rings. The van der Waals surface area contributed by atoms with Gasteiger partial charge in [0.15, 0.2) is 0 Å². The van der Waals surface area contributed by atoms with Crippen molar-refractivity contribution in [1.29, 1.82) is 0 Å². The van der Waals surface area contributed by atoms with Crippen LogP contribution in [0.1, 0.15) is 31.2 Å². The summed E-state index contributed by atoms with van der Waals surface area (Å²) in [4.78, 5) is 23.7. The number of aryl methyl sites for hydroxylation is 1. The first kappa shape index (κ1) is 15.7. The maximum atomic E-state index is 10.7. The van der Waals surface area contributed by atoms with Crippen LogP contribution < -0.4 is 10.6 Å². The van der Waals surface area contributed by atoms with Crippen LogP contribution in [-0.4, -0.2) is 38.2 Å². The Morgan fingerprint density at radius 1 is 1.26 bits per heavy atom. The summed E-state index contributed by atoms with van der Waals surface area (Å²) < 4.78 is 0. The molecule has 0 radical (unpaired) electrons. The first-order chi connectivity index (χ1) is 11.0. The maximum Gasteiger partial charge on any atom is 0.404 e. The highest BCUT2D eigenvalue weighted by molar-refractivity contribution is 6.29. The molecule has 0 saturated heterocycles. The molecule has 1 aliphatic rings. The number of hydrogen-bond donors (Lipinski definition) is 3. The van der Waals surface area contributed by atoms with Crippen molar-refractivity contribution in [3.05, 3.63) is 23.0 Å². The van der Waals surface area contributed by atoms with Gasteiger partial charge in [-0.1, -0.05) is 11.6 Å². The minimum absolute atomic E-state index is 0.0386. The molecule has 1 aliphatic carbocycles. The Balaban J connectivity index is 1.67. The molecule has 3 rings (SSSR count). The number of hydrogen-bond acceptors (Lipinski definition) is 5. The van der Waals surface area contributed by atoms with Crippen LogP contribution in [0.15, 0.2) is 12.3 Å². The van der Waals surface area contributed by atoms with Gasteiger partial charge in [0.25, 0.3) is 0 Å². The minimum Gasteiger partial charge on any atom is -0.465 e. The van der Waals surface area contributed by atoms with Crippen LogP contribution in [0.2, 0.25) is 5.15 Å². The lowest BCUT2D eigenvalue weighted by molar-refractivity contribution is 0.185. The normalized spacial score (nSPS) is 21.1. The molecule has 1 fully saturated rings. The Morgan fingerprint density at radius 2 is 1.96 bits per heavy atom. The predicted molar refractivity (Wildman–Crippen MR) is 87.9 cm³/mol. The molecule has 2 aromatic heterocycles. The fraction of sp³-hybridized carbons (Fsp3) is 0.467. The van der Waals surface area contributed by atoms with Gasteiger partial charge in [0.2, 0.25) is 5.95 Å². The van der Waals surface area contributed by atoms with E-state index in [0.29, 0.717) is 16.6 Å². The summed E-state index contributed by atoms with van der Waals surface area (Å²) in [7, 11) is 0. The highest BCUT2D eigenvalue weighted by Gasteiger charge is 2.22. The fourth-order valence-corrected chi connectivity index (χ4v) is 3.21. The SMILES string of the molecule is Cc1cc(Cl)nc2cnc(NC3CCC(NC(=O)O)CC3)nc12. The molecule has 0 aromatic carbocycles. The Hall–Kier alpha value is -2.15. The molecule has 2 heterocycles. The third-order valence-corrected chi connectivity index (χ3v) is 4.29. The molecule has 1 saturated carbocycles. The number of rotatable bonds is 3. The summed E-state index contributed by atoms with van der Waals surface area (Å²) in [6, 6.07) is 2.07. The van der Waals surface area contributed by atoms with Crippen molar-refractivity contribution in [2.45, 2.75) is 44.7 Å². The highest BCUT2D eigenvalue weighted by Crippen LogP contribution is 2.23. The zero-order valence-corrected chi connectivity index (χ0v) is 13.5. The smallest absolute Gasteiger partial charge is 0.404 e. The number of fused-ring (bicyclic) bond motifs is 1. The molecular formula is C15H18ClN5O2. The third-order valence-electron chi connectivity index (χ3n) is 4.09. The molecule has 122 valence electrons. The summed E-state index contributed by atoms with van der Waals surface area (Å²) in [5, 5.41) is 15.1. The average Bonchev–Trinajstić information content (AvgIpc) is 2.49. The van der Waals surface area contributed by atoms with E-state index in [0.717, 1.165) is 36.8 Å². The van der Waals surface area contributed by atoms with Crippen LogP contribution in [0.3, 0.4) is 0 Å². The van der Waals surface area contributed by atoms with Gasteiger partial charge in [-0.15, -0.1) is 0 Å². The molecule has 0 unspecified atom stereocenters. The number of carbonyl (C=O) groups is 1. The number of pyridine rings is 1. The summed E-state index contributed by atoms with van der Waals surface area (Å²) in [5.41, 5.74) is 2.42. The van der Waals surface area contributed by atoms with Crippen LogP contribution in [0, 0.1) is 6.92 Å². The molecule has 1 amide bonds. The van der Waals surface area contributed by atoms with Gasteiger partial charge in [-0.05, 0) is 44.2 Å². The van der Waals surface area contributed by atoms with Gasteiger partial charge in [0.1, 0.15) is 10.7 Å². The highest BCUT2D eigenvalue weighted by atomic mass is 35.5. The summed E-state index contributed by atoms with van der Waals surface area (Å²) in [6.45, 7) is 1.94. The van der Waals surface area contributed by atoms with Gasteiger partial charge in [0.05, 0.1) is 11.7 Å². The predicted octanol–water partition coefficient (Wildman–Crippen LogP) is 2.98. The standard InChI is InChI=1S/C15H18ClN5O2/c1-8-6-12(16)20-11-7-17-14(21-13(8)11)18-9-2-4-10(5-3-9)19-15(22)23/h6-7,9-10,19H,2-5H2,1H3,(H,22,23)(H,17,18,21). The largest absolute Gasteiger partial charge is 0.465 e. The molecule has 7 nitrogen and oxygen atoms in total. The quantitative estimate of drug-likeness (QED) is 0.746. The van der Waals surface area contributed by atoms with E-state index in [-0.39, 0.29) is 12.1 Å². The lowest BCUT2D eigenvalue weighted by Gasteiger charge is -2.28. The lowest BCUT2D eigenvalue weighted by Crippen LogP contribution is -2.39. The Kier molecular flexibility index (Phi) is 4.47. The van der Waals surface area contributed by atoms with Gasteiger partial charge in [-0.2, -0.15) is 0 Å². The van der Waals surface area contributed by atoms with Crippen molar-refractivity contribution >= 4 is 34.7 Å². The molecule has 0 atom stereocenters. The Labute approximate surface area is 138 Å². The second-order valence-electron chi connectivity index (χ2n) is 5.83. The second kappa shape index (κ2) is 6.54. The molecule has 23 heavy (non-hydrogen) atoms. The fourth-order valence-electron chi connectivity index (χ4n) is 2.95. The van der Waals surface area contributed by atoms with E-state index in [1.54, 1.807) is 12.3 Å². The number of anilines is 1. The van der Waals surface area contributed by atoms with Crippen LogP contribution in [0.4, 0.5) is 10.7 Å². The van der Waals surface area contributed by atoms with Gasteiger partial charge in [-0.25, -0.2) is 19.7 Å². The number of halogens is 1. The van der Waals surface area contributed by atoms with E-state index < -0.39 is 6.09 Å². The van der Waals surface area contributed by atoms with Crippen molar-refractivity contribution in [2.75, 3.05) is 5.32 Å². The number of nitrogens with one attached hydrogen (secondary N) is 2. The maximum absolute atomic E-state index is 10.7. The third kappa shape index (κ3) is 3.79. The summed E-state index contributed by atoms with van der Waals surface area (Å²) in [5.74, 6) is 0.569. The molecule has 0 spiro atoms. The van der Waals surface area contributed by atoms with Crippen LogP contribution in [0.25, 0.3) is 11.0 Å². The van der Waals surface area contributed by atoms with Gasteiger partial charge in [0, 0.05) is 12.1 Å². The van der Waals surface area contributed by atoms with Gasteiger partial charge in [-0.3, -0.25) is 0 Å². The summed E-state index contributed by atoms with van der Waals surface area (Å²) >= 11 is 5.94. The monoisotopic (exact) mass is 335 g/mol. The van der Waals surface area contributed by atoms with Gasteiger partial charge >= 0.3 is 6.09 Å². The van der Waals surface area contributed by atoms with Crippen molar-refractivity contribution in [3.63, 3.8) is 0 Å². The van der Waals surface area contributed by atoms with E-state index in [1.807, 2.05) is 6.92 Å². The number of aromatic nitrogens is 3. The second-order valence-corrected chi connectivity index (χ2v) is 6.22. The van der Waals surface area contributed by atoms with E-state index in [9.17, 15) is 4.79 Å². The van der Waals surface area contributed by atoms with Crippen LogP contribution in [-0.2, 0) is 0 Å². The van der Waals surface area contributed by atoms with E-state index in [2.05, 4.69) is 25.6 Å². The zero-order valence-electron chi connectivity index (χ0n) is 12.7. The van der Waals surface area contributed by atoms with Crippen molar-refractivity contribution in [1.82, 2.24) is 20.3 Å². The Morgan fingerprint density at radius 3 is 2.65 bits per heavy atom. The topological polar surface area (TPSA) is 100 Å². The number of nitrogens with zero attached hydrogens (tertiary/aromatic N) is 3. The molecule has 0 bridgehead atoms. The van der Waals surface area contributed by atoms with Crippen molar-refractivity contribution < 1.29 is 9.90 Å². The van der Waals surface area contributed by atoms with Crippen LogP contribution in [0.5, 0.6) is 0 Å². The van der Waals surface area contributed by atoms with E-state index in [4.69, 9.17) is 16.7 Å². The first-order valence-corrected chi connectivity index (χ1v) is 7.95. The number of amides is 1. The van der Waals surface area contributed by atoms with Crippen molar-refractivity contribution in [3.8, 4) is 0 Å². The zero-order chi connectivity index (χ0) is 16.4. The Bertz CT molecular complexity index is 731. The van der Waals surface area contributed by atoms with Crippen LogP contribution >= 0.6 is 11.6 Å². The number of carboxylic acid groups (broad SMARTS) is 1.